The number of aliphatic hydroxyl groups excluding tert-OH is 1. The topological polar surface area (TPSA) is 69.6 Å². The molecule has 6 rings (SSSR count). The van der Waals surface area contributed by atoms with Crippen molar-refractivity contribution in [3.8, 4) is 23.0 Å². The number of ether oxygens (including phenoxy) is 5. The van der Waals surface area contributed by atoms with Crippen LogP contribution in [0, 0.1) is 0 Å². The van der Waals surface area contributed by atoms with Gasteiger partial charge in [-0.2, -0.15) is 0 Å². The Balaban J connectivity index is 1.47. The van der Waals surface area contributed by atoms with E-state index in [4.69, 9.17) is 23.7 Å². The molecular formula is C20H19NO6. The van der Waals surface area contributed by atoms with Gasteiger partial charge in [-0.1, -0.05) is 0 Å². The van der Waals surface area contributed by atoms with Crippen molar-refractivity contribution in [2.45, 2.75) is 24.9 Å². The molecule has 7 nitrogen and oxygen atoms in total. The number of nitrogens with zero attached hydrogens (tertiary/aromatic N) is 1. The highest BCUT2D eigenvalue weighted by Gasteiger charge is 2.42. The van der Waals surface area contributed by atoms with Crippen LogP contribution in [0.1, 0.15) is 40.7 Å². The SMILES string of the molecule is CN1CCc2cc3c(cc2[C@H]1[C@@H]1OC(O)c2cc4c(cc21)OCO4)OCO3. The Hall–Kier alpha value is -2.48. The first-order chi connectivity index (χ1) is 13.2. The second kappa shape index (κ2) is 5.51. The van der Waals surface area contributed by atoms with Crippen LogP contribution >= 0.6 is 0 Å². The molecule has 0 aliphatic carbocycles. The van der Waals surface area contributed by atoms with Gasteiger partial charge in [0.15, 0.2) is 29.3 Å². The van der Waals surface area contributed by atoms with Gasteiger partial charge in [0.05, 0.1) is 6.04 Å². The number of benzene rings is 2. The number of hydrogen-bond acceptors (Lipinski definition) is 7. The molecule has 0 spiro atoms. The third kappa shape index (κ3) is 2.19. The zero-order valence-corrected chi connectivity index (χ0v) is 14.8. The molecule has 2 aromatic carbocycles. The summed E-state index contributed by atoms with van der Waals surface area (Å²) in [6.07, 6.45) is -0.358. The fourth-order valence-electron chi connectivity index (χ4n) is 4.52. The Kier molecular flexibility index (Phi) is 3.18. The number of hydrogen-bond donors (Lipinski definition) is 1. The highest BCUT2D eigenvalue weighted by Crippen LogP contribution is 2.52. The molecule has 7 heteroatoms. The van der Waals surface area contributed by atoms with Crippen molar-refractivity contribution in [1.29, 1.82) is 0 Å². The molecule has 27 heavy (non-hydrogen) atoms. The molecule has 0 saturated heterocycles. The second-order valence-corrected chi connectivity index (χ2v) is 7.32. The molecule has 0 aromatic heterocycles. The van der Waals surface area contributed by atoms with E-state index in [9.17, 15) is 5.11 Å². The minimum atomic E-state index is -0.979. The van der Waals surface area contributed by atoms with E-state index in [1.54, 1.807) is 0 Å². The summed E-state index contributed by atoms with van der Waals surface area (Å²) in [7, 11) is 2.08. The predicted octanol–water partition coefficient (Wildman–Crippen LogP) is 2.44. The number of rotatable bonds is 1. The Labute approximate surface area is 156 Å². The Morgan fingerprint density at radius 2 is 1.44 bits per heavy atom. The van der Waals surface area contributed by atoms with Crippen LogP contribution in [0.4, 0.5) is 0 Å². The van der Waals surface area contributed by atoms with Crippen molar-refractivity contribution in [2.75, 3.05) is 27.2 Å². The maximum atomic E-state index is 10.5. The summed E-state index contributed by atoms with van der Waals surface area (Å²) in [5.74, 6) is 2.91. The molecule has 1 N–H and O–H groups in total. The molecule has 2 aromatic rings. The average Bonchev–Trinajstić information content (AvgIpc) is 3.37. The average molecular weight is 369 g/mol. The monoisotopic (exact) mass is 369 g/mol. The number of aliphatic hydroxyl groups is 1. The van der Waals surface area contributed by atoms with E-state index in [0.717, 1.165) is 41.2 Å². The van der Waals surface area contributed by atoms with Gasteiger partial charge >= 0.3 is 0 Å². The van der Waals surface area contributed by atoms with Crippen LogP contribution in [-0.2, 0) is 11.2 Å². The van der Waals surface area contributed by atoms with E-state index in [2.05, 4.69) is 24.1 Å². The van der Waals surface area contributed by atoms with E-state index in [1.165, 1.54) is 5.56 Å². The number of likely N-dealkylation sites (N-methyl/N-ethyl adjacent to an activating group) is 1. The third-order valence-corrected chi connectivity index (χ3v) is 5.87. The van der Waals surface area contributed by atoms with Crippen LogP contribution in [0.3, 0.4) is 0 Å². The van der Waals surface area contributed by atoms with Gasteiger partial charge in [-0.3, -0.25) is 4.90 Å². The van der Waals surface area contributed by atoms with Crippen LogP contribution in [0.5, 0.6) is 23.0 Å². The molecule has 0 saturated carbocycles. The summed E-state index contributed by atoms with van der Waals surface area (Å²) in [6, 6.07) is 7.85. The Morgan fingerprint density at radius 3 is 2.15 bits per heavy atom. The maximum Gasteiger partial charge on any atom is 0.231 e. The minimum absolute atomic E-state index is 0.0421. The van der Waals surface area contributed by atoms with Gasteiger partial charge < -0.3 is 28.8 Å². The number of fused-ring (bicyclic) bond motifs is 4. The third-order valence-electron chi connectivity index (χ3n) is 5.87. The summed E-state index contributed by atoms with van der Waals surface area (Å²) in [6.45, 7) is 1.35. The summed E-state index contributed by atoms with van der Waals surface area (Å²) in [5, 5.41) is 10.5. The molecule has 140 valence electrons. The van der Waals surface area contributed by atoms with Crippen LogP contribution in [-0.4, -0.2) is 37.2 Å². The van der Waals surface area contributed by atoms with Gasteiger partial charge in [0.2, 0.25) is 13.6 Å². The lowest BCUT2D eigenvalue weighted by molar-refractivity contribution is -0.141. The molecule has 4 aliphatic rings. The summed E-state index contributed by atoms with van der Waals surface area (Å²) >= 11 is 0. The largest absolute Gasteiger partial charge is 0.454 e. The minimum Gasteiger partial charge on any atom is -0.454 e. The summed E-state index contributed by atoms with van der Waals surface area (Å²) < 4.78 is 28.2. The highest BCUT2D eigenvalue weighted by atomic mass is 16.7. The Morgan fingerprint density at radius 1 is 0.852 bits per heavy atom. The molecule has 4 aliphatic heterocycles. The van der Waals surface area contributed by atoms with Crippen molar-refractivity contribution in [3.63, 3.8) is 0 Å². The normalized spacial score (nSPS) is 27.6. The maximum absolute atomic E-state index is 10.5. The van der Waals surface area contributed by atoms with Gasteiger partial charge in [-0.15, -0.1) is 0 Å². The highest BCUT2D eigenvalue weighted by molar-refractivity contribution is 5.54. The quantitative estimate of drug-likeness (QED) is 0.828. The van der Waals surface area contributed by atoms with Crippen molar-refractivity contribution < 1.29 is 28.8 Å². The van der Waals surface area contributed by atoms with Crippen LogP contribution in [0.15, 0.2) is 24.3 Å². The van der Waals surface area contributed by atoms with Crippen LogP contribution < -0.4 is 18.9 Å². The smallest absolute Gasteiger partial charge is 0.231 e. The van der Waals surface area contributed by atoms with Gasteiger partial charge in [-0.05, 0) is 54.4 Å². The van der Waals surface area contributed by atoms with E-state index in [-0.39, 0.29) is 25.7 Å². The molecule has 0 amide bonds. The zero-order valence-electron chi connectivity index (χ0n) is 14.8. The molecule has 1 unspecified atom stereocenters. The summed E-state index contributed by atoms with van der Waals surface area (Å²) in [4.78, 5) is 2.27. The molecule has 0 radical (unpaired) electrons. The molecule has 3 atom stereocenters. The van der Waals surface area contributed by atoms with Crippen LogP contribution in [0.2, 0.25) is 0 Å². The van der Waals surface area contributed by atoms with Crippen molar-refractivity contribution >= 4 is 0 Å². The zero-order chi connectivity index (χ0) is 18.1. The molecule has 0 bridgehead atoms. The fourth-order valence-corrected chi connectivity index (χ4v) is 4.52. The summed E-state index contributed by atoms with van der Waals surface area (Å²) in [5.41, 5.74) is 4.06. The lowest BCUT2D eigenvalue weighted by Crippen LogP contribution is -2.35. The molecular weight excluding hydrogens is 350 g/mol. The lowest BCUT2D eigenvalue weighted by Gasteiger charge is -2.38. The van der Waals surface area contributed by atoms with Gasteiger partial charge in [0, 0.05) is 12.1 Å². The van der Waals surface area contributed by atoms with E-state index in [1.807, 2.05) is 12.1 Å². The predicted molar refractivity (Wildman–Crippen MR) is 93.0 cm³/mol. The first-order valence-electron chi connectivity index (χ1n) is 9.08. The first kappa shape index (κ1) is 15.6. The van der Waals surface area contributed by atoms with Crippen molar-refractivity contribution in [3.05, 3.63) is 46.5 Å². The fraction of sp³-hybridized carbons (Fsp3) is 0.400. The second-order valence-electron chi connectivity index (χ2n) is 7.32. The van der Waals surface area contributed by atoms with E-state index in [0.29, 0.717) is 11.5 Å². The molecule has 0 fully saturated rings. The van der Waals surface area contributed by atoms with Gasteiger partial charge in [0.25, 0.3) is 0 Å². The van der Waals surface area contributed by atoms with Crippen molar-refractivity contribution in [2.24, 2.45) is 0 Å². The van der Waals surface area contributed by atoms with E-state index < -0.39 is 6.29 Å². The van der Waals surface area contributed by atoms with Gasteiger partial charge in [-0.25, -0.2) is 0 Å². The molecule has 4 heterocycles. The van der Waals surface area contributed by atoms with E-state index >= 15 is 0 Å². The standard InChI is InChI=1S/C20H19NO6/c1-21-3-2-10-4-14-15(24-8-23-14)5-11(10)18(21)19-12-6-16-17(26-9-25-16)7-13(12)20(22)27-19/h4-7,18-20,22H,2-3,8-9H2,1H3/t18-,19+,20?/m0/s1. The van der Waals surface area contributed by atoms with Gasteiger partial charge in [0.1, 0.15) is 6.10 Å². The first-order valence-corrected chi connectivity index (χ1v) is 9.08. The Bertz CT molecular complexity index is 945. The van der Waals surface area contributed by atoms with Crippen molar-refractivity contribution in [1.82, 2.24) is 4.90 Å². The lowest BCUT2D eigenvalue weighted by atomic mass is 9.86. The van der Waals surface area contributed by atoms with Crippen LogP contribution in [0.25, 0.3) is 0 Å².